The normalized spacial score (nSPS) is 10.8. The maximum absolute atomic E-state index is 11.6. The van der Waals surface area contributed by atoms with Crippen molar-refractivity contribution in [2.75, 3.05) is 0 Å². The zero-order valence-electron chi connectivity index (χ0n) is 9.83. The van der Waals surface area contributed by atoms with Gasteiger partial charge in [0.1, 0.15) is 11.3 Å². The summed E-state index contributed by atoms with van der Waals surface area (Å²) in [4.78, 5) is 23.0. The molecule has 0 radical (unpaired) electrons. The first-order chi connectivity index (χ1) is 7.93. The highest BCUT2D eigenvalue weighted by atomic mass is 16.4. The van der Waals surface area contributed by atoms with Crippen LogP contribution in [0.3, 0.4) is 0 Å². The second-order valence-electron chi connectivity index (χ2n) is 4.03. The van der Waals surface area contributed by atoms with Gasteiger partial charge in [-0.25, -0.2) is 4.79 Å². The van der Waals surface area contributed by atoms with Crippen LogP contribution in [0.5, 0.6) is 5.75 Å². The molecule has 1 heterocycles. The third kappa shape index (κ3) is 1.62. The van der Waals surface area contributed by atoms with Crippen LogP contribution < -0.4 is 5.63 Å². The Morgan fingerprint density at radius 1 is 1.24 bits per heavy atom. The number of fused-ring (bicyclic) bond motifs is 1. The Bertz CT molecular complexity index is 680. The molecule has 4 heteroatoms. The first-order valence-electron chi connectivity index (χ1n) is 5.20. The number of Topliss-reactive ketones (excluding diaryl/α,β-unsaturated/α-hetero) is 1. The number of phenolic OH excluding ortho intramolecular Hbond substituents is 1. The maximum Gasteiger partial charge on any atom is 0.339 e. The van der Waals surface area contributed by atoms with E-state index in [1.165, 1.54) is 13.0 Å². The third-order valence-electron chi connectivity index (χ3n) is 2.96. The van der Waals surface area contributed by atoms with E-state index in [9.17, 15) is 14.7 Å². The van der Waals surface area contributed by atoms with Crippen molar-refractivity contribution in [3.8, 4) is 5.75 Å². The molecule has 1 aromatic heterocycles. The van der Waals surface area contributed by atoms with Crippen LogP contribution in [-0.2, 0) is 0 Å². The highest BCUT2D eigenvalue weighted by Crippen LogP contribution is 2.29. The first kappa shape index (κ1) is 11.4. The fourth-order valence-corrected chi connectivity index (χ4v) is 1.84. The van der Waals surface area contributed by atoms with Crippen LogP contribution in [0.25, 0.3) is 11.0 Å². The molecule has 0 atom stereocenters. The van der Waals surface area contributed by atoms with E-state index in [0.717, 1.165) is 5.56 Å². The summed E-state index contributed by atoms with van der Waals surface area (Å²) < 4.78 is 5.11. The van der Waals surface area contributed by atoms with E-state index < -0.39 is 5.63 Å². The van der Waals surface area contributed by atoms with Crippen LogP contribution in [0.2, 0.25) is 0 Å². The molecule has 0 aliphatic carbocycles. The highest BCUT2D eigenvalue weighted by Gasteiger charge is 2.17. The molecule has 2 aromatic rings. The summed E-state index contributed by atoms with van der Waals surface area (Å²) in [7, 11) is 0. The lowest BCUT2D eigenvalue weighted by molar-refractivity contribution is 0.101. The van der Waals surface area contributed by atoms with E-state index in [1.54, 1.807) is 19.9 Å². The summed E-state index contributed by atoms with van der Waals surface area (Å²) in [6.45, 7) is 4.78. The van der Waals surface area contributed by atoms with Gasteiger partial charge in [-0.1, -0.05) is 0 Å². The number of carbonyl (C=O) groups excluding carboxylic acids is 1. The van der Waals surface area contributed by atoms with Crippen molar-refractivity contribution in [2.24, 2.45) is 0 Å². The van der Waals surface area contributed by atoms with Gasteiger partial charge in [-0.15, -0.1) is 0 Å². The Hall–Kier alpha value is -2.10. The van der Waals surface area contributed by atoms with E-state index in [0.29, 0.717) is 10.9 Å². The predicted octanol–water partition coefficient (Wildman–Crippen LogP) is 2.32. The molecule has 0 aliphatic rings. The average molecular weight is 232 g/mol. The molecule has 88 valence electrons. The van der Waals surface area contributed by atoms with Crippen molar-refractivity contribution in [1.29, 1.82) is 0 Å². The quantitative estimate of drug-likeness (QED) is 0.605. The van der Waals surface area contributed by atoms with Crippen molar-refractivity contribution in [1.82, 2.24) is 0 Å². The number of hydrogen-bond donors (Lipinski definition) is 1. The zero-order valence-corrected chi connectivity index (χ0v) is 9.83. The van der Waals surface area contributed by atoms with E-state index >= 15 is 0 Å². The molecule has 0 unspecified atom stereocenters. The SMILES string of the molecule is CC(=O)c1c(O)ccc2c(C)c(C)c(=O)oc12. The predicted molar refractivity (Wildman–Crippen MR) is 63.6 cm³/mol. The number of aromatic hydroxyl groups is 1. The number of aryl methyl sites for hydroxylation is 1. The summed E-state index contributed by atoms with van der Waals surface area (Å²) in [6, 6.07) is 3.08. The van der Waals surface area contributed by atoms with Crippen LogP contribution in [0.15, 0.2) is 21.3 Å². The van der Waals surface area contributed by atoms with Crippen LogP contribution in [-0.4, -0.2) is 10.9 Å². The van der Waals surface area contributed by atoms with Gasteiger partial charge in [-0.05, 0) is 38.5 Å². The molecule has 2 rings (SSSR count). The van der Waals surface area contributed by atoms with E-state index in [-0.39, 0.29) is 22.7 Å². The lowest BCUT2D eigenvalue weighted by Gasteiger charge is -2.08. The van der Waals surface area contributed by atoms with E-state index in [4.69, 9.17) is 4.42 Å². The smallest absolute Gasteiger partial charge is 0.339 e. The molecule has 0 aliphatic heterocycles. The van der Waals surface area contributed by atoms with E-state index in [2.05, 4.69) is 0 Å². The van der Waals surface area contributed by atoms with Gasteiger partial charge in [0, 0.05) is 10.9 Å². The van der Waals surface area contributed by atoms with Crippen molar-refractivity contribution in [2.45, 2.75) is 20.8 Å². The Morgan fingerprint density at radius 3 is 2.47 bits per heavy atom. The van der Waals surface area contributed by atoms with Gasteiger partial charge in [-0.3, -0.25) is 4.79 Å². The van der Waals surface area contributed by atoms with Crippen LogP contribution >= 0.6 is 0 Å². The Morgan fingerprint density at radius 2 is 1.88 bits per heavy atom. The van der Waals surface area contributed by atoms with Crippen LogP contribution in [0.4, 0.5) is 0 Å². The second-order valence-corrected chi connectivity index (χ2v) is 4.03. The first-order valence-corrected chi connectivity index (χ1v) is 5.20. The van der Waals surface area contributed by atoms with E-state index in [1.807, 2.05) is 0 Å². The molecular formula is C13H12O4. The largest absolute Gasteiger partial charge is 0.507 e. The standard InChI is InChI=1S/C13H12O4/c1-6-7(2)13(16)17-12-9(6)4-5-10(15)11(12)8(3)14/h4-5,15H,1-3H3. The topological polar surface area (TPSA) is 67.5 Å². The van der Waals surface area contributed by atoms with Crippen molar-refractivity contribution < 1.29 is 14.3 Å². The summed E-state index contributed by atoms with van der Waals surface area (Å²) >= 11 is 0. The van der Waals surface area contributed by atoms with Crippen LogP contribution in [0, 0.1) is 13.8 Å². The lowest BCUT2D eigenvalue weighted by Crippen LogP contribution is -2.07. The minimum Gasteiger partial charge on any atom is -0.507 e. The van der Waals surface area contributed by atoms with Crippen molar-refractivity contribution in [3.05, 3.63) is 39.2 Å². The summed E-state index contributed by atoms with van der Waals surface area (Å²) in [5, 5.41) is 10.3. The van der Waals surface area contributed by atoms with Gasteiger partial charge in [-0.2, -0.15) is 0 Å². The fraction of sp³-hybridized carbons (Fsp3) is 0.231. The number of carbonyl (C=O) groups is 1. The fourth-order valence-electron chi connectivity index (χ4n) is 1.84. The molecule has 0 amide bonds. The van der Waals surface area contributed by atoms with Gasteiger partial charge in [0.05, 0.1) is 0 Å². The van der Waals surface area contributed by atoms with Gasteiger partial charge < -0.3 is 9.52 Å². The molecule has 1 aromatic carbocycles. The maximum atomic E-state index is 11.6. The lowest BCUT2D eigenvalue weighted by atomic mass is 10.0. The Labute approximate surface area is 97.5 Å². The average Bonchev–Trinajstić information content (AvgIpc) is 2.25. The Kier molecular flexibility index (Phi) is 2.50. The van der Waals surface area contributed by atoms with Gasteiger partial charge >= 0.3 is 5.63 Å². The minimum absolute atomic E-state index is 0.0581. The van der Waals surface area contributed by atoms with Gasteiger partial charge in [0.25, 0.3) is 0 Å². The zero-order chi connectivity index (χ0) is 12.7. The summed E-state index contributed by atoms with van der Waals surface area (Å²) in [6.07, 6.45) is 0. The Balaban J connectivity index is 3.06. The van der Waals surface area contributed by atoms with Crippen molar-refractivity contribution >= 4 is 16.8 Å². The van der Waals surface area contributed by atoms with Gasteiger partial charge in [0.2, 0.25) is 0 Å². The minimum atomic E-state index is -0.483. The van der Waals surface area contributed by atoms with Gasteiger partial charge in [0.15, 0.2) is 11.4 Å². The number of phenols is 1. The second kappa shape index (κ2) is 3.73. The van der Waals surface area contributed by atoms with Crippen LogP contribution in [0.1, 0.15) is 28.4 Å². The molecule has 4 nitrogen and oxygen atoms in total. The molecule has 0 saturated carbocycles. The number of hydrogen-bond acceptors (Lipinski definition) is 4. The highest BCUT2D eigenvalue weighted by molar-refractivity contribution is 6.07. The number of rotatable bonds is 1. The summed E-state index contributed by atoms with van der Waals surface area (Å²) in [5.74, 6) is -0.504. The third-order valence-corrected chi connectivity index (χ3v) is 2.96. The molecule has 0 bridgehead atoms. The molecule has 0 saturated heterocycles. The number of ketones is 1. The molecule has 0 spiro atoms. The molecule has 0 fully saturated rings. The monoisotopic (exact) mass is 232 g/mol. The van der Waals surface area contributed by atoms with Crippen molar-refractivity contribution in [3.63, 3.8) is 0 Å². The number of benzene rings is 1. The summed E-state index contributed by atoms with van der Waals surface area (Å²) in [5.41, 5.74) is 1.01. The molecule has 17 heavy (non-hydrogen) atoms. The molecular weight excluding hydrogens is 220 g/mol. The molecule has 1 N–H and O–H groups in total.